The standard InChI is InChI=1S/C14H12BrClN2O4S/c1-23(21,22)13-4-2-3-12(14(13)18(19)20)17-8-9-5-6-10(15)7-11(9)16/h2-7,17H,8H2,1H3. The minimum absolute atomic E-state index is 0.122. The third-order valence-electron chi connectivity index (χ3n) is 3.07. The first-order valence-corrected chi connectivity index (χ1v) is 9.41. The molecule has 0 saturated heterocycles. The Morgan fingerprint density at radius 3 is 2.57 bits per heavy atom. The zero-order valence-electron chi connectivity index (χ0n) is 11.9. The van der Waals surface area contributed by atoms with Crippen molar-refractivity contribution in [3.8, 4) is 0 Å². The molecule has 0 amide bonds. The van der Waals surface area contributed by atoms with E-state index >= 15 is 0 Å². The molecule has 0 aromatic heterocycles. The third-order valence-corrected chi connectivity index (χ3v) is 5.04. The van der Waals surface area contributed by atoms with E-state index in [1.54, 1.807) is 18.2 Å². The summed E-state index contributed by atoms with van der Waals surface area (Å²) in [6.07, 6.45) is 0.935. The van der Waals surface area contributed by atoms with Crippen LogP contribution in [-0.4, -0.2) is 19.6 Å². The number of nitrogens with one attached hydrogen (secondary N) is 1. The molecule has 0 bridgehead atoms. The zero-order valence-corrected chi connectivity index (χ0v) is 15.1. The van der Waals surface area contributed by atoms with Crippen molar-refractivity contribution in [3.63, 3.8) is 0 Å². The number of nitro benzene ring substituents is 1. The highest BCUT2D eigenvalue weighted by Crippen LogP contribution is 2.32. The van der Waals surface area contributed by atoms with Crippen molar-refractivity contribution in [2.75, 3.05) is 11.6 Å². The van der Waals surface area contributed by atoms with Gasteiger partial charge in [-0.3, -0.25) is 10.1 Å². The van der Waals surface area contributed by atoms with Crippen molar-refractivity contribution in [2.45, 2.75) is 11.4 Å². The van der Waals surface area contributed by atoms with Gasteiger partial charge in [-0.05, 0) is 29.8 Å². The van der Waals surface area contributed by atoms with Crippen LogP contribution in [0.1, 0.15) is 5.56 Å². The Labute approximate surface area is 146 Å². The first kappa shape index (κ1) is 17.7. The van der Waals surface area contributed by atoms with E-state index < -0.39 is 20.4 Å². The maximum atomic E-state index is 11.7. The summed E-state index contributed by atoms with van der Waals surface area (Å²) >= 11 is 9.40. The number of sulfone groups is 1. The van der Waals surface area contributed by atoms with Crippen molar-refractivity contribution in [1.29, 1.82) is 0 Å². The van der Waals surface area contributed by atoms with Gasteiger partial charge < -0.3 is 5.32 Å². The fraction of sp³-hybridized carbons (Fsp3) is 0.143. The van der Waals surface area contributed by atoms with E-state index in [0.29, 0.717) is 5.02 Å². The molecule has 122 valence electrons. The molecule has 0 aliphatic carbocycles. The lowest BCUT2D eigenvalue weighted by atomic mass is 10.2. The van der Waals surface area contributed by atoms with Crippen molar-refractivity contribution in [2.24, 2.45) is 0 Å². The number of para-hydroxylation sites is 1. The number of hydrogen-bond acceptors (Lipinski definition) is 5. The lowest BCUT2D eigenvalue weighted by Gasteiger charge is -2.10. The first-order chi connectivity index (χ1) is 10.7. The van der Waals surface area contributed by atoms with Gasteiger partial charge >= 0.3 is 5.69 Å². The highest BCUT2D eigenvalue weighted by molar-refractivity contribution is 9.10. The van der Waals surface area contributed by atoms with Crippen LogP contribution in [0.25, 0.3) is 0 Å². The molecule has 6 nitrogen and oxygen atoms in total. The van der Waals surface area contributed by atoms with Crippen LogP contribution in [-0.2, 0) is 16.4 Å². The van der Waals surface area contributed by atoms with E-state index in [1.807, 2.05) is 0 Å². The Bertz CT molecular complexity index is 871. The minimum atomic E-state index is -3.71. The van der Waals surface area contributed by atoms with E-state index in [9.17, 15) is 18.5 Å². The summed E-state index contributed by atoms with van der Waals surface area (Å²) in [5.74, 6) is 0. The molecule has 1 N–H and O–H groups in total. The van der Waals surface area contributed by atoms with Crippen LogP contribution in [0.15, 0.2) is 45.8 Å². The third kappa shape index (κ3) is 4.21. The van der Waals surface area contributed by atoms with Gasteiger partial charge in [0.2, 0.25) is 0 Å². The lowest BCUT2D eigenvalue weighted by molar-refractivity contribution is -0.386. The van der Waals surface area contributed by atoms with Crippen molar-refractivity contribution in [3.05, 3.63) is 61.6 Å². The molecule has 0 heterocycles. The molecule has 9 heteroatoms. The Kier molecular flexibility index (Phi) is 5.28. The van der Waals surface area contributed by atoms with Gasteiger partial charge in [0, 0.05) is 22.3 Å². The summed E-state index contributed by atoms with van der Waals surface area (Å²) in [7, 11) is -3.71. The largest absolute Gasteiger partial charge is 0.375 e. The SMILES string of the molecule is CS(=O)(=O)c1cccc(NCc2ccc(Br)cc2Cl)c1[N+](=O)[O-]. The topological polar surface area (TPSA) is 89.3 Å². The van der Waals surface area contributed by atoms with Crippen LogP contribution in [0.4, 0.5) is 11.4 Å². The molecule has 0 fully saturated rings. The fourth-order valence-electron chi connectivity index (χ4n) is 2.01. The average Bonchev–Trinajstić information content (AvgIpc) is 2.44. The molecule has 0 aliphatic heterocycles. The Morgan fingerprint density at radius 2 is 2.00 bits per heavy atom. The highest BCUT2D eigenvalue weighted by atomic mass is 79.9. The van der Waals surface area contributed by atoms with E-state index in [0.717, 1.165) is 16.3 Å². The summed E-state index contributed by atoms with van der Waals surface area (Å²) in [6, 6.07) is 9.40. The second-order valence-electron chi connectivity index (χ2n) is 4.77. The lowest BCUT2D eigenvalue weighted by Crippen LogP contribution is -2.08. The van der Waals surface area contributed by atoms with Gasteiger partial charge in [0.25, 0.3) is 0 Å². The van der Waals surface area contributed by atoms with Crippen molar-refractivity contribution < 1.29 is 13.3 Å². The van der Waals surface area contributed by atoms with Crippen molar-refractivity contribution >= 4 is 48.7 Å². The normalized spacial score (nSPS) is 11.3. The van der Waals surface area contributed by atoms with E-state index in [1.165, 1.54) is 18.2 Å². The molecule has 2 rings (SSSR count). The van der Waals surface area contributed by atoms with Crippen LogP contribution < -0.4 is 5.32 Å². The highest BCUT2D eigenvalue weighted by Gasteiger charge is 2.25. The molecular weight excluding hydrogens is 408 g/mol. The number of benzene rings is 2. The molecule has 2 aromatic carbocycles. The van der Waals surface area contributed by atoms with Gasteiger partial charge in [0.05, 0.1) is 4.92 Å². The van der Waals surface area contributed by atoms with E-state index in [-0.39, 0.29) is 17.1 Å². The fourth-order valence-corrected chi connectivity index (χ4v) is 3.61. The van der Waals surface area contributed by atoms with Gasteiger partial charge in [-0.15, -0.1) is 0 Å². The Morgan fingerprint density at radius 1 is 1.30 bits per heavy atom. The smallest absolute Gasteiger partial charge is 0.310 e. The Hall–Kier alpha value is -1.64. The predicted octanol–water partition coefficient (Wildman–Crippen LogP) is 4.03. The van der Waals surface area contributed by atoms with Gasteiger partial charge in [-0.2, -0.15) is 0 Å². The van der Waals surface area contributed by atoms with Gasteiger partial charge in [0.1, 0.15) is 10.6 Å². The molecule has 0 atom stereocenters. The monoisotopic (exact) mass is 418 g/mol. The first-order valence-electron chi connectivity index (χ1n) is 6.35. The van der Waals surface area contributed by atoms with E-state index in [2.05, 4.69) is 21.2 Å². The molecule has 2 aromatic rings. The number of rotatable bonds is 5. The summed E-state index contributed by atoms with van der Waals surface area (Å²) in [5, 5.41) is 14.7. The molecular formula is C14H12BrClN2O4S. The number of nitro groups is 1. The zero-order chi connectivity index (χ0) is 17.2. The van der Waals surface area contributed by atoms with Crippen LogP contribution in [0, 0.1) is 10.1 Å². The number of anilines is 1. The Balaban J connectivity index is 2.39. The maximum absolute atomic E-state index is 11.7. The second-order valence-corrected chi connectivity index (χ2v) is 8.08. The number of hydrogen-bond donors (Lipinski definition) is 1. The van der Waals surface area contributed by atoms with Crippen LogP contribution in [0.2, 0.25) is 5.02 Å². The summed E-state index contributed by atoms with van der Waals surface area (Å²) in [5.41, 5.74) is 0.383. The van der Waals surface area contributed by atoms with Crippen molar-refractivity contribution in [1.82, 2.24) is 0 Å². The summed E-state index contributed by atoms with van der Waals surface area (Å²) < 4.78 is 24.3. The summed E-state index contributed by atoms with van der Waals surface area (Å²) in [6.45, 7) is 0.222. The number of halogens is 2. The minimum Gasteiger partial charge on any atom is -0.375 e. The van der Waals surface area contributed by atoms with Gasteiger partial charge in [-0.25, -0.2) is 8.42 Å². The van der Waals surface area contributed by atoms with Crippen LogP contribution >= 0.6 is 27.5 Å². The maximum Gasteiger partial charge on any atom is 0.310 e. The molecule has 23 heavy (non-hydrogen) atoms. The molecule has 0 saturated carbocycles. The molecule has 0 unspecified atom stereocenters. The second kappa shape index (κ2) is 6.86. The molecule has 0 spiro atoms. The van der Waals surface area contributed by atoms with Crippen LogP contribution in [0.3, 0.4) is 0 Å². The quantitative estimate of drug-likeness (QED) is 0.584. The van der Waals surface area contributed by atoms with Gasteiger partial charge in [0.15, 0.2) is 9.84 Å². The van der Waals surface area contributed by atoms with Gasteiger partial charge in [-0.1, -0.05) is 39.7 Å². The molecule has 0 radical (unpaired) electrons. The average molecular weight is 420 g/mol. The predicted molar refractivity (Wildman–Crippen MR) is 92.7 cm³/mol. The number of nitrogens with zero attached hydrogens (tertiary/aromatic N) is 1. The van der Waals surface area contributed by atoms with Crippen LogP contribution in [0.5, 0.6) is 0 Å². The summed E-state index contributed by atoms with van der Waals surface area (Å²) in [4.78, 5) is 10.2. The molecule has 0 aliphatic rings. The van der Waals surface area contributed by atoms with E-state index in [4.69, 9.17) is 11.6 Å².